The maximum Gasteiger partial charge on any atom is 0.267 e. The van der Waals surface area contributed by atoms with Gasteiger partial charge in [-0.1, -0.05) is 0 Å². The fourth-order valence-corrected chi connectivity index (χ4v) is 2.69. The van der Waals surface area contributed by atoms with Crippen LogP contribution in [-0.2, 0) is 4.79 Å². The second kappa shape index (κ2) is 8.30. The number of halogens is 1. The van der Waals surface area contributed by atoms with Crippen LogP contribution in [0.3, 0.4) is 0 Å². The molecule has 0 bridgehead atoms. The SMILES string of the molecule is N#C/C(=C/N1CCCCC1CCO)C(=O)Nc1ccc(F)cc1. The Morgan fingerprint density at radius 2 is 2.17 bits per heavy atom. The van der Waals surface area contributed by atoms with Crippen LogP contribution in [-0.4, -0.2) is 35.1 Å². The van der Waals surface area contributed by atoms with E-state index >= 15 is 0 Å². The molecule has 1 aliphatic rings. The summed E-state index contributed by atoms with van der Waals surface area (Å²) in [6.45, 7) is 0.846. The molecule has 2 N–H and O–H groups in total. The minimum atomic E-state index is -0.521. The number of likely N-dealkylation sites (tertiary alicyclic amines) is 1. The van der Waals surface area contributed by atoms with Crippen LogP contribution in [0, 0.1) is 17.1 Å². The molecule has 0 aliphatic carbocycles. The average Bonchev–Trinajstić information content (AvgIpc) is 2.56. The second-order valence-corrected chi connectivity index (χ2v) is 5.52. The van der Waals surface area contributed by atoms with E-state index in [-0.39, 0.29) is 24.0 Å². The summed E-state index contributed by atoms with van der Waals surface area (Å²) in [6, 6.07) is 7.43. The molecule has 1 amide bonds. The second-order valence-electron chi connectivity index (χ2n) is 5.52. The first-order valence-electron chi connectivity index (χ1n) is 7.69. The molecule has 1 aromatic rings. The maximum absolute atomic E-state index is 12.9. The lowest BCUT2D eigenvalue weighted by atomic mass is 10.00. The van der Waals surface area contributed by atoms with Crippen LogP contribution in [0.15, 0.2) is 36.0 Å². The van der Waals surface area contributed by atoms with Crippen LogP contribution in [0.25, 0.3) is 0 Å². The first kappa shape index (κ1) is 17.0. The molecule has 1 atom stereocenters. The average molecular weight is 317 g/mol. The standard InChI is InChI=1S/C17H20FN3O2/c18-14-4-6-15(7-5-14)20-17(23)13(11-19)12-21-9-2-1-3-16(21)8-10-22/h4-7,12,16,22H,1-3,8-10H2,(H,20,23)/b13-12-. The fourth-order valence-electron chi connectivity index (χ4n) is 2.69. The van der Waals surface area contributed by atoms with E-state index in [0.717, 1.165) is 25.8 Å². The third kappa shape index (κ3) is 4.80. The maximum atomic E-state index is 12.9. The third-order valence-electron chi connectivity index (χ3n) is 3.90. The van der Waals surface area contributed by atoms with Crippen LogP contribution < -0.4 is 5.32 Å². The van der Waals surface area contributed by atoms with E-state index in [1.54, 1.807) is 6.20 Å². The Morgan fingerprint density at radius 1 is 1.43 bits per heavy atom. The summed E-state index contributed by atoms with van der Waals surface area (Å²) in [5, 5.41) is 21.0. The van der Waals surface area contributed by atoms with E-state index in [2.05, 4.69) is 5.32 Å². The van der Waals surface area contributed by atoms with Crippen molar-refractivity contribution in [3.8, 4) is 6.07 Å². The molecule has 0 saturated carbocycles. The van der Waals surface area contributed by atoms with E-state index in [1.807, 2.05) is 11.0 Å². The molecule has 0 spiro atoms. The van der Waals surface area contributed by atoms with Crippen LogP contribution in [0.1, 0.15) is 25.7 Å². The van der Waals surface area contributed by atoms with Crippen LogP contribution in [0.4, 0.5) is 10.1 Å². The van der Waals surface area contributed by atoms with Gasteiger partial charge in [-0.2, -0.15) is 5.26 Å². The normalized spacial score (nSPS) is 18.4. The molecule has 0 radical (unpaired) electrons. The molecule has 1 aliphatic heterocycles. The molecule has 0 aromatic heterocycles. The number of aliphatic hydroxyl groups excluding tert-OH is 1. The Kier molecular flexibility index (Phi) is 6.12. The highest BCUT2D eigenvalue weighted by Gasteiger charge is 2.21. The van der Waals surface area contributed by atoms with Gasteiger partial charge in [-0.25, -0.2) is 4.39 Å². The van der Waals surface area contributed by atoms with Crippen molar-refractivity contribution in [3.05, 3.63) is 41.9 Å². The van der Waals surface area contributed by atoms with Gasteiger partial charge >= 0.3 is 0 Å². The Labute approximate surface area is 135 Å². The van der Waals surface area contributed by atoms with Crippen molar-refractivity contribution in [1.82, 2.24) is 4.90 Å². The zero-order chi connectivity index (χ0) is 16.7. The van der Waals surface area contributed by atoms with Gasteiger partial charge in [0, 0.05) is 31.1 Å². The lowest BCUT2D eigenvalue weighted by Crippen LogP contribution is -2.37. The number of nitrogens with one attached hydrogen (secondary N) is 1. The number of hydrogen-bond donors (Lipinski definition) is 2. The van der Waals surface area contributed by atoms with Gasteiger partial charge in [-0.3, -0.25) is 4.79 Å². The number of nitrogens with zero attached hydrogens (tertiary/aromatic N) is 2. The zero-order valence-corrected chi connectivity index (χ0v) is 12.8. The molecule has 5 nitrogen and oxygen atoms in total. The van der Waals surface area contributed by atoms with Crippen molar-refractivity contribution in [2.24, 2.45) is 0 Å². The molecule has 1 heterocycles. The summed E-state index contributed by atoms with van der Waals surface area (Å²) in [6.07, 6.45) is 5.21. The number of anilines is 1. The lowest BCUT2D eigenvalue weighted by molar-refractivity contribution is -0.112. The highest BCUT2D eigenvalue weighted by atomic mass is 19.1. The number of nitriles is 1. The van der Waals surface area contributed by atoms with E-state index < -0.39 is 5.91 Å². The zero-order valence-electron chi connectivity index (χ0n) is 12.8. The van der Waals surface area contributed by atoms with E-state index in [0.29, 0.717) is 12.1 Å². The monoisotopic (exact) mass is 317 g/mol. The van der Waals surface area contributed by atoms with Crippen LogP contribution >= 0.6 is 0 Å². The summed E-state index contributed by atoms with van der Waals surface area (Å²) < 4.78 is 12.9. The smallest absolute Gasteiger partial charge is 0.267 e. The summed E-state index contributed by atoms with van der Waals surface area (Å²) in [5.41, 5.74) is 0.433. The molecule has 6 heteroatoms. The van der Waals surface area contributed by atoms with Crippen LogP contribution in [0.2, 0.25) is 0 Å². The minimum Gasteiger partial charge on any atom is -0.396 e. The molecule has 1 aromatic carbocycles. The molecule has 23 heavy (non-hydrogen) atoms. The largest absolute Gasteiger partial charge is 0.396 e. The Hall–Kier alpha value is -2.39. The molecule has 2 rings (SSSR count). The van der Waals surface area contributed by atoms with Gasteiger partial charge in [0.1, 0.15) is 17.5 Å². The summed E-state index contributed by atoms with van der Waals surface area (Å²) in [5.74, 6) is -0.911. The molecule has 1 fully saturated rings. The number of benzene rings is 1. The Bertz CT molecular complexity index is 605. The van der Waals surface area contributed by atoms with Gasteiger partial charge in [-0.15, -0.1) is 0 Å². The van der Waals surface area contributed by atoms with E-state index in [9.17, 15) is 14.4 Å². The van der Waals surface area contributed by atoms with Crippen molar-refractivity contribution < 1.29 is 14.3 Å². The van der Waals surface area contributed by atoms with Gasteiger partial charge in [0.25, 0.3) is 5.91 Å². The van der Waals surface area contributed by atoms with Gasteiger partial charge < -0.3 is 15.3 Å². The molecular weight excluding hydrogens is 297 g/mol. The first-order valence-corrected chi connectivity index (χ1v) is 7.69. The van der Waals surface area contributed by atoms with Crippen LogP contribution in [0.5, 0.6) is 0 Å². The van der Waals surface area contributed by atoms with Crippen molar-refractivity contribution >= 4 is 11.6 Å². The number of rotatable bonds is 5. The molecule has 1 saturated heterocycles. The van der Waals surface area contributed by atoms with Crippen molar-refractivity contribution in [1.29, 1.82) is 5.26 Å². The van der Waals surface area contributed by atoms with Crippen molar-refractivity contribution in [3.63, 3.8) is 0 Å². The number of amides is 1. The first-order chi connectivity index (χ1) is 11.1. The van der Waals surface area contributed by atoms with Gasteiger partial charge in [-0.05, 0) is 49.9 Å². The molecule has 122 valence electrons. The van der Waals surface area contributed by atoms with E-state index in [4.69, 9.17) is 5.11 Å². The van der Waals surface area contributed by atoms with Gasteiger partial charge in [0.15, 0.2) is 0 Å². The number of hydrogen-bond acceptors (Lipinski definition) is 4. The quantitative estimate of drug-likeness (QED) is 0.646. The van der Waals surface area contributed by atoms with Gasteiger partial charge in [0.05, 0.1) is 0 Å². The predicted molar refractivity (Wildman–Crippen MR) is 84.8 cm³/mol. The van der Waals surface area contributed by atoms with E-state index in [1.165, 1.54) is 24.3 Å². The predicted octanol–water partition coefficient (Wildman–Crippen LogP) is 2.41. The number of aliphatic hydroxyl groups is 1. The lowest BCUT2D eigenvalue weighted by Gasteiger charge is -2.34. The third-order valence-corrected chi connectivity index (χ3v) is 3.90. The minimum absolute atomic E-state index is 0.000773. The Balaban J connectivity index is 2.09. The highest BCUT2D eigenvalue weighted by Crippen LogP contribution is 2.21. The van der Waals surface area contributed by atoms with Crippen molar-refractivity contribution in [2.75, 3.05) is 18.5 Å². The van der Waals surface area contributed by atoms with Crippen molar-refractivity contribution in [2.45, 2.75) is 31.7 Å². The molecular formula is C17H20FN3O2. The highest BCUT2D eigenvalue weighted by molar-refractivity contribution is 6.06. The number of piperidine rings is 1. The van der Waals surface area contributed by atoms with Gasteiger partial charge in [0.2, 0.25) is 0 Å². The Morgan fingerprint density at radius 3 is 2.83 bits per heavy atom. The topological polar surface area (TPSA) is 76.4 Å². The number of carbonyl (C=O) groups is 1. The number of carbonyl (C=O) groups excluding carboxylic acids is 1. The summed E-state index contributed by atoms with van der Waals surface area (Å²) in [7, 11) is 0. The molecule has 1 unspecified atom stereocenters. The summed E-state index contributed by atoms with van der Waals surface area (Å²) in [4.78, 5) is 14.2. The fraction of sp³-hybridized carbons (Fsp3) is 0.412. The summed E-state index contributed by atoms with van der Waals surface area (Å²) >= 11 is 0.